The van der Waals surface area contributed by atoms with Crippen molar-refractivity contribution in [3.05, 3.63) is 0 Å². The van der Waals surface area contributed by atoms with Gasteiger partial charge in [-0.3, -0.25) is 9.59 Å². The summed E-state index contributed by atoms with van der Waals surface area (Å²) in [4.78, 5) is 21.2. The molecular weight excluding hydrogens is 158 g/mol. The van der Waals surface area contributed by atoms with Crippen LogP contribution in [0.1, 0.15) is 20.3 Å². The molecule has 0 aliphatic heterocycles. The van der Waals surface area contributed by atoms with Gasteiger partial charge < -0.3 is 16.8 Å². The van der Waals surface area contributed by atoms with Gasteiger partial charge in [-0.15, -0.1) is 0 Å². The maximum Gasteiger partial charge on any atom is 0.236 e. The Kier molecular flexibility index (Phi) is 3.69. The third-order valence-corrected chi connectivity index (χ3v) is 1.08. The molecule has 5 nitrogen and oxygen atoms in total. The summed E-state index contributed by atoms with van der Waals surface area (Å²) in [5.74, 6) is -0.820. The van der Waals surface area contributed by atoms with Crippen LogP contribution >= 0.6 is 0 Å². The monoisotopic (exact) mass is 173 g/mol. The van der Waals surface area contributed by atoms with Crippen molar-refractivity contribution in [1.82, 2.24) is 5.32 Å². The van der Waals surface area contributed by atoms with Crippen LogP contribution in [0.5, 0.6) is 0 Å². The van der Waals surface area contributed by atoms with Crippen molar-refractivity contribution in [2.75, 3.05) is 6.54 Å². The quantitative estimate of drug-likeness (QED) is 0.493. The number of hydrogen-bond acceptors (Lipinski definition) is 3. The minimum absolute atomic E-state index is 0.130. The molecule has 0 aliphatic carbocycles. The van der Waals surface area contributed by atoms with Crippen LogP contribution in [0, 0.1) is 0 Å². The SMILES string of the molecule is CC(C)(N)CC(=O)NCC(N)=O. The van der Waals surface area contributed by atoms with Crippen molar-refractivity contribution in [3.8, 4) is 0 Å². The maximum absolute atomic E-state index is 11.0. The Labute approximate surface area is 71.5 Å². The molecule has 0 saturated heterocycles. The standard InChI is InChI=1S/C7H15N3O2/c1-7(2,9)3-6(12)10-4-5(8)11/h3-4,9H2,1-2H3,(H2,8,11)(H,10,12). The molecule has 0 saturated carbocycles. The lowest BCUT2D eigenvalue weighted by Gasteiger charge is -2.16. The van der Waals surface area contributed by atoms with E-state index >= 15 is 0 Å². The number of hydrogen-bond donors (Lipinski definition) is 3. The average molecular weight is 173 g/mol. The molecule has 0 radical (unpaired) electrons. The second-order valence-corrected chi connectivity index (χ2v) is 3.41. The first-order valence-corrected chi connectivity index (χ1v) is 3.65. The smallest absolute Gasteiger partial charge is 0.236 e. The van der Waals surface area contributed by atoms with Gasteiger partial charge in [-0.05, 0) is 13.8 Å². The Morgan fingerprint density at radius 3 is 2.25 bits per heavy atom. The number of amides is 2. The van der Waals surface area contributed by atoms with Gasteiger partial charge in [0.05, 0.1) is 6.54 Å². The highest BCUT2D eigenvalue weighted by molar-refractivity contribution is 5.84. The number of carbonyl (C=O) groups is 2. The minimum atomic E-state index is -0.557. The van der Waals surface area contributed by atoms with E-state index in [-0.39, 0.29) is 18.9 Å². The lowest BCUT2D eigenvalue weighted by molar-refractivity contribution is -0.125. The molecule has 0 aromatic carbocycles. The van der Waals surface area contributed by atoms with E-state index in [9.17, 15) is 9.59 Å². The third-order valence-electron chi connectivity index (χ3n) is 1.08. The van der Waals surface area contributed by atoms with E-state index < -0.39 is 11.4 Å². The Balaban J connectivity index is 3.68. The molecule has 0 aliphatic rings. The summed E-state index contributed by atoms with van der Waals surface area (Å²) in [5.41, 5.74) is 9.83. The van der Waals surface area contributed by atoms with E-state index in [1.54, 1.807) is 13.8 Å². The summed E-state index contributed by atoms with van der Waals surface area (Å²) in [7, 11) is 0. The van der Waals surface area contributed by atoms with Crippen molar-refractivity contribution >= 4 is 11.8 Å². The fraction of sp³-hybridized carbons (Fsp3) is 0.714. The number of primary amides is 1. The van der Waals surface area contributed by atoms with Crippen molar-refractivity contribution in [2.24, 2.45) is 11.5 Å². The highest BCUT2D eigenvalue weighted by atomic mass is 16.2. The topological polar surface area (TPSA) is 98.2 Å². The molecular formula is C7H15N3O2. The van der Waals surface area contributed by atoms with Gasteiger partial charge in [-0.1, -0.05) is 0 Å². The Bertz CT molecular complexity index is 184. The Morgan fingerprint density at radius 1 is 1.42 bits per heavy atom. The lowest BCUT2D eigenvalue weighted by atomic mass is 10.0. The first kappa shape index (κ1) is 10.9. The van der Waals surface area contributed by atoms with Crippen LogP contribution < -0.4 is 16.8 Å². The van der Waals surface area contributed by atoms with E-state index in [4.69, 9.17) is 11.5 Å². The molecule has 12 heavy (non-hydrogen) atoms. The summed E-state index contributed by atoms with van der Waals surface area (Å²) < 4.78 is 0. The van der Waals surface area contributed by atoms with Gasteiger partial charge in [0.2, 0.25) is 11.8 Å². The first-order valence-electron chi connectivity index (χ1n) is 3.65. The van der Waals surface area contributed by atoms with E-state index in [0.717, 1.165) is 0 Å². The molecule has 0 bridgehead atoms. The highest BCUT2D eigenvalue weighted by Crippen LogP contribution is 2.01. The summed E-state index contributed by atoms with van der Waals surface area (Å²) in [6.07, 6.45) is 0.181. The van der Waals surface area contributed by atoms with E-state index in [0.29, 0.717) is 0 Å². The largest absolute Gasteiger partial charge is 0.368 e. The second kappa shape index (κ2) is 4.06. The van der Waals surface area contributed by atoms with Gasteiger partial charge in [0.1, 0.15) is 0 Å². The van der Waals surface area contributed by atoms with E-state index in [2.05, 4.69) is 5.32 Å². The zero-order chi connectivity index (χ0) is 9.78. The number of rotatable bonds is 4. The van der Waals surface area contributed by atoms with Crippen molar-refractivity contribution < 1.29 is 9.59 Å². The van der Waals surface area contributed by atoms with Crippen LogP contribution in [-0.2, 0) is 9.59 Å². The lowest BCUT2D eigenvalue weighted by Crippen LogP contribution is -2.41. The van der Waals surface area contributed by atoms with E-state index in [1.165, 1.54) is 0 Å². The van der Waals surface area contributed by atoms with Gasteiger partial charge in [-0.25, -0.2) is 0 Å². The van der Waals surface area contributed by atoms with Crippen LogP contribution in [0.25, 0.3) is 0 Å². The number of nitrogens with two attached hydrogens (primary N) is 2. The molecule has 5 N–H and O–H groups in total. The molecule has 0 fully saturated rings. The van der Waals surface area contributed by atoms with Gasteiger partial charge in [0, 0.05) is 12.0 Å². The normalized spacial score (nSPS) is 10.9. The highest BCUT2D eigenvalue weighted by Gasteiger charge is 2.15. The van der Waals surface area contributed by atoms with Crippen LogP contribution in [0.15, 0.2) is 0 Å². The summed E-state index contributed by atoms with van der Waals surface area (Å²) in [5, 5.41) is 2.35. The van der Waals surface area contributed by atoms with Crippen molar-refractivity contribution in [3.63, 3.8) is 0 Å². The predicted octanol–water partition coefficient (Wildman–Crippen LogP) is -1.28. The molecule has 5 heteroatoms. The zero-order valence-corrected chi connectivity index (χ0v) is 7.39. The summed E-state index contributed by atoms with van der Waals surface area (Å²) >= 11 is 0. The van der Waals surface area contributed by atoms with Gasteiger partial charge in [-0.2, -0.15) is 0 Å². The molecule has 0 spiro atoms. The van der Waals surface area contributed by atoms with Crippen molar-refractivity contribution in [2.45, 2.75) is 25.8 Å². The molecule has 0 aromatic heterocycles. The van der Waals surface area contributed by atoms with E-state index in [1.807, 2.05) is 0 Å². The average Bonchev–Trinajstić information content (AvgIpc) is 1.79. The molecule has 2 amide bonds. The summed E-state index contributed by atoms with van der Waals surface area (Å²) in [6, 6.07) is 0. The minimum Gasteiger partial charge on any atom is -0.368 e. The Hall–Kier alpha value is -1.10. The second-order valence-electron chi connectivity index (χ2n) is 3.41. The van der Waals surface area contributed by atoms with Crippen LogP contribution in [0.3, 0.4) is 0 Å². The molecule has 70 valence electrons. The van der Waals surface area contributed by atoms with Gasteiger partial charge >= 0.3 is 0 Å². The number of carbonyl (C=O) groups excluding carboxylic acids is 2. The summed E-state index contributed by atoms with van der Waals surface area (Å²) in [6.45, 7) is 3.34. The molecule has 0 atom stereocenters. The first-order chi connectivity index (χ1) is 5.31. The van der Waals surface area contributed by atoms with Crippen molar-refractivity contribution in [1.29, 1.82) is 0 Å². The van der Waals surface area contributed by atoms with Crippen LogP contribution in [-0.4, -0.2) is 23.9 Å². The predicted molar refractivity (Wildman–Crippen MR) is 45.1 cm³/mol. The van der Waals surface area contributed by atoms with Crippen LogP contribution in [0.4, 0.5) is 0 Å². The molecule has 0 unspecified atom stereocenters. The Morgan fingerprint density at radius 2 is 1.92 bits per heavy atom. The fourth-order valence-corrected chi connectivity index (χ4v) is 0.662. The van der Waals surface area contributed by atoms with Crippen LogP contribution in [0.2, 0.25) is 0 Å². The zero-order valence-electron chi connectivity index (χ0n) is 7.39. The third kappa shape index (κ3) is 7.01. The maximum atomic E-state index is 11.0. The van der Waals surface area contributed by atoms with Gasteiger partial charge in [0.25, 0.3) is 0 Å². The fourth-order valence-electron chi connectivity index (χ4n) is 0.662. The molecule has 0 heterocycles. The number of nitrogens with one attached hydrogen (secondary N) is 1. The molecule has 0 aromatic rings. The molecule has 0 rings (SSSR count). The van der Waals surface area contributed by atoms with Gasteiger partial charge in [0.15, 0.2) is 0 Å².